The van der Waals surface area contributed by atoms with E-state index in [4.69, 9.17) is 5.73 Å². The van der Waals surface area contributed by atoms with Gasteiger partial charge >= 0.3 is 6.18 Å². The van der Waals surface area contributed by atoms with Crippen LogP contribution in [0, 0.1) is 0 Å². The normalized spacial score (nSPS) is 11.8. The van der Waals surface area contributed by atoms with Crippen molar-refractivity contribution in [2.75, 3.05) is 6.54 Å². The lowest BCUT2D eigenvalue weighted by molar-refractivity contribution is -0.137. The van der Waals surface area contributed by atoms with Crippen molar-refractivity contribution < 1.29 is 13.2 Å². The van der Waals surface area contributed by atoms with Crippen LogP contribution in [0.1, 0.15) is 30.4 Å². The number of hydrogen-bond acceptors (Lipinski definition) is 0. The third-order valence-electron chi connectivity index (χ3n) is 2.42. The third kappa shape index (κ3) is 4.23. The Hall–Kier alpha value is -1.03. The van der Waals surface area contributed by atoms with Gasteiger partial charge in [0.05, 0.1) is 5.56 Å². The number of alkyl halides is 3. The SMILES string of the molecule is [NH]CCCCCc1ccc(C(F)(F)F)cc1. The predicted molar refractivity (Wildman–Crippen MR) is 57.0 cm³/mol. The molecular formula is C12H15F3N. The minimum Gasteiger partial charge on any atom is -0.258 e. The summed E-state index contributed by atoms with van der Waals surface area (Å²) in [6, 6.07) is 5.31. The van der Waals surface area contributed by atoms with E-state index in [9.17, 15) is 13.2 Å². The van der Waals surface area contributed by atoms with Gasteiger partial charge < -0.3 is 0 Å². The quantitative estimate of drug-likeness (QED) is 0.689. The van der Waals surface area contributed by atoms with E-state index in [-0.39, 0.29) is 0 Å². The minimum absolute atomic E-state index is 0.424. The summed E-state index contributed by atoms with van der Waals surface area (Å²) in [5.74, 6) is 0. The van der Waals surface area contributed by atoms with Crippen molar-refractivity contribution in [2.45, 2.75) is 31.9 Å². The van der Waals surface area contributed by atoms with Crippen LogP contribution < -0.4 is 5.73 Å². The van der Waals surface area contributed by atoms with E-state index in [1.165, 1.54) is 12.1 Å². The van der Waals surface area contributed by atoms with Gasteiger partial charge in [-0.2, -0.15) is 13.2 Å². The van der Waals surface area contributed by atoms with Crippen LogP contribution in [-0.4, -0.2) is 6.54 Å². The molecule has 0 spiro atoms. The fourth-order valence-corrected chi connectivity index (χ4v) is 1.49. The first-order valence-corrected chi connectivity index (χ1v) is 5.35. The molecular weight excluding hydrogens is 215 g/mol. The summed E-state index contributed by atoms with van der Waals surface area (Å²) in [5, 5.41) is 0. The third-order valence-corrected chi connectivity index (χ3v) is 2.42. The van der Waals surface area contributed by atoms with Crippen molar-refractivity contribution in [1.82, 2.24) is 5.73 Å². The first-order chi connectivity index (χ1) is 7.54. The number of unbranched alkanes of at least 4 members (excludes halogenated alkanes) is 2. The molecule has 0 fully saturated rings. The van der Waals surface area contributed by atoms with Crippen molar-refractivity contribution in [3.8, 4) is 0 Å². The van der Waals surface area contributed by atoms with E-state index in [2.05, 4.69) is 0 Å². The molecule has 1 aromatic carbocycles. The second-order valence-corrected chi connectivity index (χ2v) is 3.76. The second-order valence-electron chi connectivity index (χ2n) is 3.76. The maximum atomic E-state index is 12.3. The van der Waals surface area contributed by atoms with Crippen molar-refractivity contribution in [1.29, 1.82) is 0 Å². The molecule has 0 saturated carbocycles. The van der Waals surface area contributed by atoms with Crippen LogP contribution in [0.3, 0.4) is 0 Å². The molecule has 0 bridgehead atoms. The molecule has 0 aliphatic carbocycles. The smallest absolute Gasteiger partial charge is 0.258 e. The van der Waals surface area contributed by atoms with E-state index in [1.807, 2.05) is 0 Å². The maximum absolute atomic E-state index is 12.3. The van der Waals surface area contributed by atoms with Crippen molar-refractivity contribution in [3.63, 3.8) is 0 Å². The monoisotopic (exact) mass is 230 g/mol. The van der Waals surface area contributed by atoms with Crippen LogP contribution in [0.4, 0.5) is 13.2 Å². The molecule has 89 valence electrons. The summed E-state index contributed by atoms with van der Waals surface area (Å²) in [5.41, 5.74) is 7.29. The number of rotatable bonds is 5. The molecule has 1 nitrogen and oxygen atoms in total. The lowest BCUT2D eigenvalue weighted by Gasteiger charge is -2.07. The van der Waals surface area contributed by atoms with E-state index in [0.29, 0.717) is 6.54 Å². The van der Waals surface area contributed by atoms with Gasteiger partial charge in [0.15, 0.2) is 0 Å². The zero-order valence-electron chi connectivity index (χ0n) is 8.98. The zero-order valence-corrected chi connectivity index (χ0v) is 8.98. The van der Waals surface area contributed by atoms with Gasteiger partial charge in [0.25, 0.3) is 0 Å². The van der Waals surface area contributed by atoms with E-state index in [1.54, 1.807) is 0 Å². The number of aryl methyl sites for hydroxylation is 1. The summed E-state index contributed by atoms with van der Waals surface area (Å²) in [4.78, 5) is 0. The Balaban J connectivity index is 2.46. The lowest BCUT2D eigenvalue weighted by atomic mass is 10.1. The maximum Gasteiger partial charge on any atom is 0.416 e. The van der Waals surface area contributed by atoms with Gasteiger partial charge in [0.2, 0.25) is 0 Å². The van der Waals surface area contributed by atoms with Gasteiger partial charge in [-0.1, -0.05) is 18.6 Å². The molecule has 0 amide bonds. The topological polar surface area (TPSA) is 23.8 Å². The van der Waals surface area contributed by atoms with Crippen molar-refractivity contribution in [3.05, 3.63) is 35.4 Å². The molecule has 0 aliphatic heterocycles. The molecule has 1 aromatic rings. The van der Waals surface area contributed by atoms with Gasteiger partial charge in [-0.05, 0) is 37.0 Å². The van der Waals surface area contributed by atoms with Gasteiger partial charge in [-0.3, -0.25) is 5.73 Å². The Labute approximate surface area is 93.5 Å². The highest BCUT2D eigenvalue weighted by atomic mass is 19.4. The first kappa shape index (κ1) is 13.0. The van der Waals surface area contributed by atoms with Crippen LogP contribution in [0.15, 0.2) is 24.3 Å². The Morgan fingerprint density at radius 2 is 1.56 bits per heavy atom. The van der Waals surface area contributed by atoms with Crippen LogP contribution in [-0.2, 0) is 12.6 Å². The Bertz CT molecular complexity index is 303. The average molecular weight is 230 g/mol. The van der Waals surface area contributed by atoms with Gasteiger partial charge in [0, 0.05) is 6.54 Å². The number of hydrogen-bond donors (Lipinski definition) is 0. The molecule has 0 aromatic heterocycles. The lowest BCUT2D eigenvalue weighted by Crippen LogP contribution is -2.04. The van der Waals surface area contributed by atoms with Gasteiger partial charge in [0.1, 0.15) is 0 Å². The predicted octanol–water partition coefficient (Wildman–Crippen LogP) is 3.70. The van der Waals surface area contributed by atoms with Crippen molar-refractivity contribution in [2.24, 2.45) is 0 Å². The molecule has 0 heterocycles. The molecule has 0 unspecified atom stereocenters. The molecule has 4 heteroatoms. The molecule has 0 aliphatic rings. The highest BCUT2D eigenvalue weighted by molar-refractivity contribution is 5.24. The first-order valence-electron chi connectivity index (χ1n) is 5.35. The van der Waals surface area contributed by atoms with Gasteiger partial charge in [-0.15, -0.1) is 0 Å². The Morgan fingerprint density at radius 1 is 0.938 bits per heavy atom. The number of benzene rings is 1. The fraction of sp³-hybridized carbons (Fsp3) is 0.500. The summed E-state index contributed by atoms with van der Waals surface area (Å²) >= 11 is 0. The Kier molecular flexibility index (Phi) is 4.80. The highest BCUT2D eigenvalue weighted by Crippen LogP contribution is 2.29. The minimum atomic E-state index is -4.25. The van der Waals surface area contributed by atoms with Crippen LogP contribution in [0.5, 0.6) is 0 Å². The summed E-state index contributed by atoms with van der Waals surface area (Å²) in [6.45, 7) is 0.424. The van der Waals surface area contributed by atoms with Crippen LogP contribution in [0.2, 0.25) is 0 Å². The second kappa shape index (κ2) is 5.89. The fourth-order valence-electron chi connectivity index (χ4n) is 1.49. The van der Waals surface area contributed by atoms with Crippen LogP contribution in [0.25, 0.3) is 0 Å². The standard InChI is InChI=1S/C12H15F3N/c13-12(14,15)11-7-5-10(6-8-11)4-2-1-3-9-16/h5-8,16H,1-4,9H2. The van der Waals surface area contributed by atoms with E-state index >= 15 is 0 Å². The molecule has 0 saturated heterocycles. The number of halogens is 3. The molecule has 1 N–H and O–H groups in total. The highest BCUT2D eigenvalue weighted by Gasteiger charge is 2.29. The van der Waals surface area contributed by atoms with Crippen LogP contribution >= 0.6 is 0 Å². The molecule has 1 rings (SSSR count). The molecule has 16 heavy (non-hydrogen) atoms. The average Bonchev–Trinajstić information content (AvgIpc) is 2.24. The molecule has 0 atom stereocenters. The zero-order chi connectivity index (χ0) is 12.0. The van der Waals surface area contributed by atoms with Gasteiger partial charge in [-0.25, -0.2) is 0 Å². The largest absolute Gasteiger partial charge is 0.416 e. The Morgan fingerprint density at radius 3 is 2.06 bits per heavy atom. The summed E-state index contributed by atoms with van der Waals surface area (Å²) < 4.78 is 36.8. The summed E-state index contributed by atoms with van der Waals surface area (Å²) in [7, 11) is 0. The summed E-state index contributed by atoms with van der Waals surface area (Å²) in [6.07, 6.45) is -0.697. The van der Waals surface area contributed by atoms with Crippen molar-refractivity contribution >= 4 is 0 Å². The van der Waals surface area contributed by atoms with E-state index < -0.39 is 11.7 Å². The molecule has 1 radical (unpaired) electrons. The van der Waals surface area contributed by atoms with E-state index in [0.717, 1.165) is 43.4 Å². The number of nitrogens with one attached hydrogen (secondary N) is 1.